The van der Waals surface area contributed by atoms with E-state index in [9.17, 15) is 8.42 Å². The highest BCUT2D eigenvalue weighted by Crippen LogP contribution is 2.18. The summed E-state index contributed by atoms with van der Waals surface area (Å²) >= 11 is 0. The van der Waals surface area contributed by atoms with E-state index in [-0.39, 0.29) is 4.90 Å². The number of piperazine rings is 1. The van der Waals surface area contributed by atoms with Gasteiger partial charge in [-0.05, 0) is 43.8 Å². The van der Waals surface area contributed by atoms with Crippen LogP contribution in [0, 0.1) is 0 Å². The van der Waals surface area contributed by atoms with Gasteiger partial charge in [-0.25, -0.2) is 13.6 Å². The van der Waals surface area contributed by atoms with Crippen LogP contribution in [-0.4, -0.2) is 52.6 Å². The van der Waals surface area contributed by atoms with Crippen molar-refractivity contribution in [1.82, 2.24) is 4.90 Å². The second-order valence-electron chi connectivity index (χ2n) is 5.01. The molecule has 1 heterocycles. The first-order chi connectivity index (χ1) is 9.50. The monoisotopic (exact) mass is 298 g/mol. The van der Waals surface area contributed by atoms with Crippen LogP contribution < -0.4 is 15.8 Å². The van der Waals surface area contributed by atoms with Gasteiger partial charge in [-0.15, -0.1) is 0 Å². The summed E-state index contributed by atoms with van der Waals surface area (Å²) in [7, 11) is -3.61. The summed E-state index contributed by atoms with van der Waals surface area (Å²) in [5.41, 5.74) is 6.55. The number of nitrogens with zero attached hydrogens (tertiary/aromatic N) is 2. The number of primary sulfonamides is 1. The van der Waals surface area contributed by atoms with Gasteiger partial charge in [-0.1, -0.05) is 0 Å². The Kier molecular flexibility index (Phi) is 4.98. The second kappa shape index (κ2) is 6.53. The summed E-state index contributed by atoms with van der Waals surface area (Å²) in [5.74, 6) is 0. The van der Waals surface area contributed by atoms with Crippen molar-refractivity contribution in [1.29, 1.82) is 0 Å². The molecule has 2 rings (SSSR count). The van der Waals surface area contributed by atoms with Gasteiger partial charge in [0.2, 0.25) is 10.0 Å². The lowest BCUT2D eigenvalue weighted by molar-refractivity contribution is 0.256. The standard InChI is InChI=1S/C13H22N4O2S/c14-6-1-7-16-8-10-17(11-9-16)12-2-4-13(5-3-12)20(15,18)19/h2-5H,1,6-11,14H2,(H2,15,18,19). The molecule has 20 heavy (non-hydrogen) atoms. The highest BCUT2D eigenvalue weighted by molar-refractivity contribution is 7.89. The first kappa shape index (κ1) is 15.2. The maximum atomic E-state index is 11.2. The van der Waals surface area contributed by atoms with Gasteiger partial charge in [0.05, 0.1) is 4.90 Å². The van der Waals surface area contributed by atoms with Gasteiger partial charge in [0, 0.05) is 31.9 Å². The van der Waals surface area contributed by atoms with E-state index in [0.29, 0.717) is 0 Å². The molecule has 1 aliphatic heterocycles. The molecular formula is C13H22N4O2S. The normalized spacial score (nSPS) is 17.4. The zero-order valence-corrected chi connectivity index (χ0v) is 12.3. The van der Waals surface area contributed by atoms with Crippen molar-refractivity contribution in [2.24, 2.45) is 10.9 Å². The van der Waals surface area contributed by atoms with Crippen LogP contribution in [0.4, 0.5) is 5.69 Å². The van der Waals surface area contributed by atoms with Crippen molar-refractivity contribution >= 4 is 15.7 Å². The third-order valence-corrected chi connectivity index (χ3v) is 4.51. The maximum absolute atomic E-state index is 11.2. The van der Waals surface area contributed by atoms with Crippen molar-refractivity contribution in [2.75, 3.05) is 44.2 Å². The lowest BCUT2D eigenvalue weighted by atomic mass is 10.2. The van der Waals surface area contributed by atoms with Gasteiger partial charge in [-0.3, -0.25) is 4.90 Å². The minimum absolute atomic E-state index is 0.155. The number of anilines is 1. The zero-order valence-electron chi connectivity index (χ0n) is 11.5. The summed E-state index contributed by atoms with van der Waals surface area (Å²) in [6.45, 7) is 5.69. The van der Waals surface area contributed by atoms with Crippen molar-refractivity contribution in [3.8, 4) is 0 Å². The summed E-state index contributed by atoms with van der Waals surface area (Å²) in [6, 6.07) is 6.75. The van der Waals surface area contributed by atoms with Crippen LogP contribution in [0.2, 0.25) is 0 Å². The molecule has 4 N–H and O–H groups in total. The maximum Gasteiger partial charge on any atom is 0.238 e. The Morgan fingerprint density at radius 1 is 1.05 bits per heavy atom. The smallest absolute Gasteiger partial charge is 0.238 e. The molecule has 1 saturated heterocycles. The molecular weight excluding hydrogens is 276 g/mol. The number of rotatable bonds is 5. The summed E-state index contributed by atoms with van der Waals surface area (Å²) in [6.07, 6.45) is 1.03. The number of nitrogens with two attached hydrogens (primary N) is 2. The molecule has 0 unspecified atom stereocenters. The van der Waals surface area contributed by atoms with E-state index >= 15 is 0 Å². The van der Waals surface area contributed by atoms with Crippen LogP contribution >= 0.6 is 0 Å². The molecule has 112 valence electrons. The van der Waals surface area contributed by atoms with Crippen LogP contribution in [-0.2, 0) is 10.0 Å². The van der Waals surface area contributed by atoms with Gasteiger partial charge >= 0.3 is 0 Å². The molecule has 0 amide bonds. The second-order valence-corrected chi connectivity index (χ2v) is 6.57. The molecule has 0 radical (unpaired) electrons. The molecule has 1 aromatic rings. The highest BCUT2D eigenvalue weighted by atomic mass is 32.2. The molecule has 1 aliphatic rings. The minimum atomic E-state index is -3.61. The van der Waals surface area contributed by atoms with Gasteiger partial charge in [0.15, 0.2) is 0 Å². The van der Waals surface area contributed by atoms with Crippen molar-refractivity contribution in [2.45, 2.75) is 11.3 Å². The third kappa shape index (κ3) is 3.92. The molecule has 0 spiro atoms. The quantitative estimate of drug-likeness (QED) is 0.785. The van der Waals surface area contributed by atoms with E-state index in [4.69, 9.17) is 10.9 Å². The Morgan fingerprint density at radius 3 is 2.15 bits per heavy atom. The molecule has 1 aromatic carbocycles. The highest BCUT2D eigenvalue weighted by Gasteiger charge is 2.17. The fourth-order valence-corrected chi connectivity index (χ4v) is 2.91. The molecule has 7 heteroatoms. The molecule has 0 saturated carbocycles. The van der Waals surface area contributed by atoms with Crippen LogP contribution in [0.15, 0.2) is 29.2 Å². The van der Waals surface area contributed by atoms with Crippen LogP contribution in [0.3, 0.4) is 0 Å². The zero-order chi connectivity index (χ0) is 14.6. The third-order valence-electron chi connectivity index (χ3n) is 3.58. The summed E-state index contributed by atoms with van der Waals surface area (Å²) < 4.78 is 22.4. The summed E-state index contributed by atoms with van der Waals surface area (Å²) in [5, 5.41) is 5.09. The molecule has 0 aromatic heterocycles. The molecule has 0 aliphatic carbocycles. The van der Waals surface area contributed by atoms with Crippen LogP contribution in [0.25, 0.3) is 0 Å². The van der Waals surface area contributed by atoms with E-state index < -0.39 is 10.0 Å². The first-order valence-electron chi connectivity index (χ1n) is 6.81. The van der Waals surface area contributed by atoms with Crippen molar-refractivity contribution in [3.05, 3.63) is 24.3 Å². The largest absolute Gasteiger partial charge is 0.369 e. The Morgan fingerprint density at radius 2 is 1.65 bits per heavy atom. The van der Waals surface area contributed by atoms with Crippen LogP contribution in [0.5, 0.6) is 0 Å². The molecule has 0 bridgehead atoms. The number of benzene rings is 1. The van der Waals surface area contributed by atoms with Gasteiger partial charge in [-0.2, -0.15) is 0 Å². The Hall–Kier alpha value is -1.15. The van der Waals surface area contributed by atoms with E-state index in [2.05, 4.69) is 9.80 Å². The number of hydrogen-bond donors (Lipinski definition) is 2. The van der Waals surface area contributed by atoms with Crippen molar-refractivity contribution in [3.63, 3.8) is 0 Å². The lowest BCUT2D eigenvalue weighted by Gasteiger charge is -2.36. The predicted molar refractivity (Wildman–Crippen MR) is 80.1 cm³/mol. The fourth-order valence-electron chi connectivity index (χ4n) is 2.39. The average molecular weight is 298 g/mol. The van der Waals surface area contributed by atoms with Crippen LogP contribution in [0.1, 0.15) is 6.42 Å². The lowest BCUT2D eigenvalue weighted by Crippen LogP contribution is -2.46. The van der Waals surface area contributed by atoms with E-state index in [1.165, 1.54) is 0 Å². The van der Waals surface area contributed by atoms with E-state index in [0.717, 1.165) is 51.4 Å². The first-order valence-corrected chi connectivity index (χ1v) is 8.35. The van der Waals surface area contributed by atoms with Crippen molar-refractivity contribution < 1.29 is 8.42 Å². The number of sulfonamides is 1. The van der Waals surface area contributed by atoms with Gasteiger partial charge in [0.1, 0.15) is 0 Å². The Labute approximate surface area is 120 Å². The summed E-state index contributed by atoms with van der Waals surface area (Å²) in [4.78, 5) is 4.82. The van der Waals surface area contributed by atoms with Gasteiger partial charge in [0.25, 0.3) is 0 Å². The predicted octanol–water partition coefficient (Wildman–Crippen LogP) is -0.195. The number of hydrogen-bond acceptors (Lipinski definition) is 5. The Balaban J connectivity index is 1.94. The topological polar surface area (TPSA) is 92.7 Å². The molecule has 1 fully saturated rings. The Bertz CT molecular complexity index is 522. The van der Waals surface area contributed by atoms with E-state index in [1.54, 1.807) is 12.1 Å². The average Bonchev–Trinajstić information content (AvgIpc) is 2.45. The van der Waals surface area contributed by atoms with E-state index in [1.807, 2.05) is 12.1 Å². The fraction of sp³-hybridized carbons (Fsp3) is 0.538. The van der Waals surface area contributed by atoms with Gasteiger partial charge < -0.3 is 10.6 Å². The SMILES string of the molecule is NCCCN1CCN(c2ccc(S(N)(=O)=O)cc2)CC1. The molecule has 0 atom stereocenters. The minimum Gasteiger partial charge on any atom is -0.369 e. The molecule has 6 nitrogen and oxygen atoms in total.